The monoisotopic (exact) mass is 159 g/mol. The zero-order chi connectivity index (χ0) is 8.10. The minimum absolute atomic E-state index is 0.274. The largest absolute Gasteiger partial charge is 0.379 e. The van der Waals surface area contributed by atoms with E-state index >= 15 is 0 Å². The zero-order valence-corrected chi connectivity index (χ0v) is 7.30. The molecule has 3 heteroatoms. The van der Waals surface area contributed by atoms with Crippen molar-refractivity contribution in [1.29, 1.82) is 0 Å². The van der Waals surface area contributed by atoms with Gasteiger partial charge in [-0.1, -0.05) is 6.92 Å². The van der Waals surface area contributed by atoms with Crippen LogP contribution < -0.4 is 5.32 Å². The van der Waals surface area contributed by atoms with Gasteiger partial charge in [-0.25, -0.2) is 0 Å². The Bertz CT molecular complexity index is 100. The van der Waals surface area contributed by atoms with Gasteiger partial charge in [-0.3, -0.25) is 0 Å². The summed E-state index contributed by atoms with van der Waals surface area (Å²) in [5, 5.41) is 3.16. The summed E-state index contributed by atoms with van der Waals surface area (Å²) in [6, 6.07) is 0. The number of ether oxygens (including phenoxy) is 2. The molecule has 3 nitrogen and oxygen atoms in total. The number of methoxy groups -OCH3 is 1. The molecule has 0 radical (unpaired) electrons. The molecule has 0 bridgehead atoms. The molecular formula is C8H17NO2. The van der Waals surface area contributed by atoms with E-state index in [4.69, 9.17) is 9.47 Å². The van der Waals surface area contributed by atoms with Gasteiger partial charge in [0.05, 0.1) is 18.8 Å². The Morgan fingerprint density at radius 3 is 2.64 bits per heavy atom. The van der Waals surface area contributed by atoms with E-state index in [2.05, 4.69) is 12.2 Å². The van der Waals surface area contributed by atoms with Crippen LogP contribution in [0.25, 0.3) is 0 Å². The summed E-state index contributed by atoms with van der Waals surface area (Å²) in [5.74, 6) is 0. The maximum atomic E-state index is 5.53. The van der Waals surface area contributed by atoms with Crippen LogP contribution in [0, 0.1) is 0 Å². The second-order valence-corrected chi connectivity index (χ2v) is 2.88. The second kappa shape index (κ2) is 4.70. The molecule has 0 amide bonds. The van der Waals surface area contributed by atoms with E-state index in [1.54, 1.807) is 7.11 Å². The van der Waals surface area contributed by atoms with Gasteiger partial charge in [0.15, 0.2) is 0 Å². The smallest absolute Gasteiger partial charge is 0.0824 e. The molecule has 0 aromatic carbocycles. The van der Waals surface area contributed by atoms with Crippen molar-refractivity contribution in [2.75, 3.05) is 26.8 Å². The van der Waals surface area contributed by atoms with Crippen molar-refractivity contribution in [1.82, 2.24) is 5.32 Å². The molecule has 0 aliphatic carbocycles. The lowest BCUT2D eigenvalue weighted by molar-refractivity contribution is -0.0447. The van der Waals surface area contributed by atoms with Gasteiger partial charge in [-0.2, -0.15) is 0 Å². The molecule has 11 heavy (non-hydrogen) atoms. The lowest BCUT2D eigenvalue weighted by atomic mass is 10.2. The highest BCUT2D eigenvalue weighted by Gasteiger charge is 2.18. The first-order chi connectivity index (χ1) is 5.36. The fraction of sp³-hybridized carbons (Fsp3) is 1.00. The number of rotatable bonds is 5. The van der Waals surface area contributed by atoms with Crippen molar-refractivity contribution >= 4 is 0 Å². The van der Waals surface area contributed by atoms with Crippen molar-refractivity contribution < 1.29 is 9.47 Å². The first-order valence-electron chi connectivity index (χ1n) is 4.22. The molecule has 1 rings (SSSR count). The Labute approximate surface area is 68.1 Å². The Kier molecular flexibility index (Phi) is 3.83. The molecule has 0 saturated carbocycles. The predicted molar refractivity (Wildman–Crippen MR) is 43.7 cm³/mol. The molecule has 66 valence electrons. The topological polar surface area (TPSA) is 30.5 Å². The summed E-state index contributed by atoms with van der Waals surface area (Å²) in [6.45, 7) is 4.84. The predicted octanol–water partition coefficient (Wildman–Crippen LogP) is 0.400. The van der Waals surface area contributed by atoms with Crippen LogP contribution in [0.4, 0.5) is 0 Å². The molecule has 0 aromatic heterocycles. The van der Waals surface area contributed by atoms with E-state index in [-0.39, 0.29) is 6.10 Å². The van der Waals surface area contributed by atoms with Gasteiger partial charge in [0, 0.05) is 20.2 Å². The van der Waals surface area contributed by atoms with Crippen LogP contribution in [0.3, 0.4) is 0 Å². The quantitative estimate of drug-likeness (QED) is 0.630. The standard InChI is InChI=1S/C8H17NO2/c1-3-7(10-2)6-11-8-4-9-5-8/h7-9H,3-6H2,1-2H3. The van der Waals surface area contributed by atoms with E-state index in [1.807, 2.05) is 0 Å². The Morgan fingerprint density at radius 1 is 1.55 bits per heavy atom. The average Bonchev–Trinajstić information content (AvgIpc) is 1.95. The van der Waals surface area contributed by atoms with Gasteiger partial charge in [0.1, 0.15) is 0 Å². The average molecular weight is 159 g/mol. The van der Waals surface area contributed by atoms with E-state index in [0.717, 1.165) is 26.1 Å². The fourth-order valence-electron chi connectivity index (χ4n) is 0.976. The Morgan fingerprint density at radius 2 is 2.27 bits per heavy atom. The SMILES string of the molecule is CCC(COC1CNC1)OC. The van der Waals surface area contributed by atoms with Crippen LogP contribution >= 0.6 is 0 Å². The third kappa shape index (κ3) is 2.77. The second-order valence-electron chi connectivity index (χ2n) is 2.88. The molecule has 1 unspecified atom stereocenters. The highest BCUT2D eigenvalue weighted by atomic mass is 16.5. The van der Waals surface area contributed by atoms with Crippen molar-refractivity contribution in [2.45, 2.75) is 25.6 Å². The van der Waals surface area contributed by atoms with E-state index in [0.29, 0.717) is 6.10 Å². The lowest BCUT2D eigenvalue weighted by Gasteiger charge is -2.28. The molecule has 1 fully saturated rings. The van der Waals surface area contributed by atoms with E-state index in [9.17, 15) is 0 Å². The van der Waals surface area contributed by atoms with Crippen LogP contribution in [-0.2, 0) is 9.47 Å². The molecule has 1 aliphatic heterocycles. The van der Waals surface area contributed by atoms with Gasteiger partial charge < -0.3 is 14.8 Å². The number of nitrogens with one attached hydrogen (secondary N) is 1. The molecule has 1 atom stereocenters. The van der Waals surface area contributed by atoms with Gasteiger partial charge in [0.25, 0.3) is 0 Å². The molecule has 1 saturated heterocycles. The van der Waals surface area contributed by atoms with E-state index < -0.39 is 0 Å². The first kappa shape index (κ1) is 8.97. The summed E-state index contributed by atoms with van der Waals surface area (Å²) in [7, 11) is 1.73. The van der Waals surface area contributed by atoms with Crippen LogP contribution in [0.2, 0.25) is 0 Å². The highest BCUT2D eigenvalue weighted by molar-refractivity contribution is 4.75. The minimum atomic E-state index is 0.274. The summed E-state index contributed by atoms with van der Waals surface area (Å²) >= 11 is 0. The maximum absolute atomic E-state index is 5.53. The Balaban J connectivity index is 1.99. The van der Waals surface area contributed by atoms with Crippen molar-refractivity contribution in [3.63, 3.8) is 0 Å². The van der Waals surface area contributed by atoms with Crippen LogP contribution in [0.15, 0.2) is 0 Å². The van der Waals surface area contributed by atoms with Gasteiger partial charge in [-0.15, -0.1) is 0 Å². The third-order valence-electron chi connectivity index (χ3n) is 2.05. The molecule has 0 spiro atoms. The zero-order valence-electron chi connectivity index (χ0n) is 7.30. The van der Waals surface area contributed by atoms with Crippen LogP contribution in [0.1, 0.15) is 13.3 Å². The van der Waals surface area contributed by atoms with Gasteiger partial charge >= 0.3 is 0 Å². The minimum Gasteiger partial charge on any atom is -0.379 e. The van der Waals surface area contributed by atoms with Crippen LogP contribution in [-0.4, -0.2) is 39.0 Å². The summed E-state index contributed by atoms with van der Waals surface area (Å²) < 4.78 is 10.7. The summed E-state index contributed by atoms with van der Waals surface area (Å²) in [5.41, 5.74) is 0. The van der Waals surface area contributed by atoms with Crippen LogP contribution in [0.5, 0.6) is 0 Å². The van der Waals surface area contributed by atoms with Crippen molar-refractivity contribution in [3.8, 4) is 0 Å². The van der Waals surface area contributed by atoms with Crippen molar-refractivity contribution in [3.05, 3.63) is 0 Å². The number of hydrogen-bond acceptors (Lipinski definition) is 3. The fourth-order valence-corrected chi connectivity index (χ4v) is 0.976. The molecule has 1 aliphatic rings. The highest BCUT2D eigenvalue weighted by Crippen LogP contribution is 2.02. The molecule has 0 aromatic rings. The lowest BCUT2D eigenvalue weighted by Crippen LogP contribution is -2.49. The maximum Gasteiger partial charge on any atom is 0.0824 e. The first-order valence-corrected chi connectivity index (χ1v) is 4.22. The Hall–Kier alpha value is -0.120. The van der Waals surface area contributed by atoms with Crippen molar-refractivity contribution in [2.24, 2.45) is 0 Å². The molecular weight excluding hydrogens is 142 g/mol. The normalized spacial score (nSPS) is 21.3. The summed E-state index contributed by atoms with van der Waals surface area (Å²) in [4.78, 5) is 0. The van der Waals surface area contributed by atoms with E-state index in [1.165, 1.54) is 0 Å². The molecule has 1 N–H and O–H groups in total. The van der Waals surface area contributed by atoms with Gasteiger partial charge in [-0.05, 0) is 6.42 Å². The summed E-state index contributed by atoms with van der Waals surface area (Å²) in [6.07, 6.45) is 1.73. The third-order valence-corrected chi connectivity index (χ3v) is 2.05. The molecule has 1 heterocycles. The number of hydrogen-bond donors (Lipinski definition) is 1. The van der Waals surface area contributed by atoms with Gasteiger partial charge in [0.2, 0.25) is 0 Å².